The number of halogens is 4. The van der Waals surface area contributed by atoms with Gasteiger partial charge in [0.2, 0.25) is 11.8 Å². The van der Waals surface area contributed by atoms with E-state index >= 15 is 0 Å². The molecule has 214 valence electrons. The summed E-state index contributed by atoms with van der Waals surface area (Å²) in [5.74, 6) is -1.12. The van der Waals surface area contributed by atoms with Gasteiger partial charge in [0.15, 0.2) is 0 Å². The lowest BCUT2D eigenvalue weighted by Crippen LogP contribution is -2.52. The Bertz CT molecular complexity index is 1480. The van der Waals surface area contributed by atoms with Gasteiger partial charge in [0.1, 0.15) is 12.6 Å². The normalized spacial score (nSPS) is 12.2. The molecular formula is C28H29Cl4N3O4S. The fraction of sp³-hybridized carbons (Fsp3) is 0.286. The minimum absolute atomic E-state index is 0.0121. The predicted molar refractivity (Wildman–Crippen MR) is 162 cm³/mol. The van der Waals surface area contributed by atoms with Crippen LogP contribution in [0.1, 0.15) is 31.9 Å². The van der Waals surface area contributed by atoms with E-state index in [0.717, 1.165) is 9.87 Å². The zero-order valence-electron chi connectivity index (χ0n) is 22.3. The Kier molecular flexibility index (Phi) is 10.8. The zero-order valence-corrected chi connectivity index (χ0v) is 26.1. The highest BCUT2D eigenvalue weighted by Gasteiger charge is 2.34. The van der Waals surface area contributed by atoms with Gasteiger partial charge >= 0.3 is 0 Å². The van der Waals surface area contributed by atoms with E-state index in [4.69, 9.17) is 46.4 Å². The molecule has 0 aliphatic rings. The standard InChI is InChI=1S/C28H29Cl4N3O4S/c1-17(2)33-28(37)19(4)34(15-22-23(30)6-5-7-24(22)31)27(36)16-35(26-14-20(29)10-13-25(26)32)40(38,39)21-11-8-18(3)9-12-21/h5-14,17,19H,15-16H2,1-4H3,(H,33,37)/t19-/m0/s1. The zero-order chi connectivity index (χ0) is 29.8. The van der Waals surface area contributed by atoms with Crippen molar-refractivity contribution in [1.82, 2.24) is 10.2 Å². The van der Waals surface area contributed by atoms with Crippen LogP contribution in [0.2, 0.25) is 20.1 Å². The van der Waals surface area contributed by atoms with Gasteiger partial charge < -0.3 is 10.2 Å². The number of hydrogen-bond donors (Lipinski definition) is 1. The fourth-order valence-electron chi connectivity index (χ4n) is 3.87. The highest BCUT2D eigenvalue weighted by atomic mass is 35.5. The Balaban J connectivity index is 2.11. The molecule has 0 spiro atoms. The van der Waals surface area contributed by atoms with Gasteiger partial charge in [-0.3, -0.25) is 13.9 Å². The van der Waals surface area contributed by atoms with E-state index in [9.17, 15) is 18.0 Å². The highest BCUT2D eigenvalue weighted by Crippen LogP contribution is 2.34. The molecule has 7 nitrogen and oxygen atoms in total. The number of sulfonamides is 1. The SMILES string of the molecule is Cc1ccc(S(=O)(=O)N(CC(=O)N(Cc2c(Cl)cccc2Cl)[C@@H](C)C(=O)NC(C)C)c2cc(Cl)ccc2Cl)cc1. The van der Waals surface area contributed by atoms with Crippen molar-refractivity contribution in [2.24, 2.45) is 0 Å². The summed E-state index contributed by atoms with van der Waals surface area (Å²) in [7, 11) is -4.30. The Morgan fingerprint density at radius 3 is 2.05 bits per heavy atom. The smallest absolute Gasteiger partial charge is 0.264 e. The summed E-state index contributed by atoms with van der Waals surface area (Å²) < 4.78 is 28.7. The van der Waals surface area contributed by atoms with E-state index in [1.807, 2.05) is 6.92 Å². The second kappa shape index (κ2) is 13.4. The van der Waals surface area contributed by atoms with Crippen molar-refractivity contribution in [2.45, 2.75) is 51.2 Å². The van der Waals surface area contributed by atoms with Gasteiger partial charge in [-0.1, -0.05) is 70.2 Å². The number of carbonyl (C=O) groups excluding carboxylic acids is 2. The molecule has 0 radical (unpaired) electrons. The maximum absolute atomic E-state index is 14.0. The fourth-order valence-corrected chi connectivity index (χ4v) is 6.25. The van der Waals surface area contributed by atoms with Crippen LogP contribution >= 0.6 is 46.4 Å². The van der Waals surface area contributed by atoms with Crippen molar-refractivity contribution in [1.29, 1.82) is 0 Å². The Hall–Kier alpha value is -2.49. The number of benzene rings is 3. The molecule has 40 heavy (non-hydrogen) atoms. The van der Waals surface area contributed by atoms with Crippen molar-refractivity contribution in [3.05, 3.63) is 91.9 Å². The minimum Gasteiger partial charge on any atom is -0.352 e. The molecule has 0 aromatic heterocycles. The average Bonchev–Trinajstić information content (AvgIpc) is 2.88. The van der Waals surface area contributed by atoms with Crippen molar-refractivity contribution >= 4 is 73.9 Å². The first kappa shape index (κ1) is 32.0. The van der Waals surface area contributed by atoms with Gasteiger partial charge in [-0.2, -0.15) is 0 Å². The van der Waals surface area contributed by atoms with Crippen molar-refractivity contribution < 1.29 is 18.0 Å². The van der Waals surface area contributed by atoms with Crippen molar-refractivity contribution in [3.63, 3.8) is 0 Å². The van der Waals surface area contributed by atoms with E-state index in [2.05, 4.69) is 5.32 Å². The molecule has 1 N–H and O–H groups in total. The largest absolute Gasteiger partial charge is 0.352 e. The Morgan fingerprint density at radius 1 is 0.875 bits per heavy atom. The lowest BCUT2D eigenvalue weighted by atomic mass is 10.1. The molecular weight excluding hydrogens is 616 g/mol. The molecule has 2 amide bonds. The van der Waals surface area contributed by atoms with Gasteiger partial charge in [-0.05, 0) is 70.2 Å². The van der Waals surface area contributed by atoms with Gasteiger partial charge in [0.25, 0.3) is 10.0 Å². The van der Waals surface area contributed by atoms with E-state index < -0.39 is 34.4 Å². The van der Waals surface area contributed by atoms with E-state index in [1.54, 1.807) is 51.1 Å². The minimum atomic E-state index is -4.30. The molecule has 0 unspecified atom stereocenters. The molecule has 0 saturated heterocycles. The topological polar surface area (TPSA) is 86.8 Å². The van der Waals surface area contributed by atoms with Crippen LogP contribution in [0, 0.1) is 6.92 Å². The van der Waals surface area contributed by atoms with Crippen LogP contribution < -0.4 is 9.62 Å². The van der Waals surface area contributed by atoms with E-state index in [-0.39, 0.29) is 33.2 Å². The van der Waals surface area contributed by atoms with Gasteiger partial charge in [0, 0.05) is 33.2 Å². The maximum Gasteiger partial charge on any atom is 0.264 e. The number of aryl methyl sites for hydroxylation is 1. The van der Waals surface area contributed by atoms with Crippen LogP contribution in [0.15, 0.2) is 65.6 Å². The lowest BCUT2D eigenvalue weighted by molar-refractivity contribution is -0.139. The third-order valence-corrected chi connectivity index (χ3v) is 9.09. The maximum atomic E-state index is 14.0. The number of nitrogens with zero attached hydrogens (tertiary/aromatic N) is 2. The van der Waals surface area contributed by atoms with Crippen LogP contribution in [0.5, 0.6) is 0 Å². The summed E-state index contributed by atoms with van der Waals surface area (Å²) >= 11 is 25.4. The Morgan fingerprint density at radius 2 is 1.48 bits per heavy atom. The summed E-state index contributed by atoms with van der Waals surface area (Å²) in [6.45, 7) is 6.12. The molecule has 0 aliphatic heterocycles. The van der Waals surface area contributed by atoms with Crippen LogP contribution in [0.3, 0.4) is 0 Å². The summed E-state index contributed by atoms with van der Waals surface area (Å²) in [4.78, 5) is 28.2. The van der Waals surface area contributed by atoms with Gasteiger partial charge in [-0.15, -0.1) is 0 Å². The quantitative estimate of drug-likeness (QED) is 0.265. The number of amides is 2. The highest BCUT2D eigenvalue weighted by molar-refractivity contribution is 7.92. The first-order valence-corrected chi connectivity index (χ1v) is 15.2. The van der Waals surface area contributed by atoms with E-state index in [1.165, 1.54) is 35.2 Å². The molecule has 12 heteroatoms. The predicted octanol–water partition coefficient (Wildman–Crippen LogP) is 6.75. The monoisotopic (exact) mass is 643 g/mol. The second-order valence-electron chi connectivity index (χ2n) is 9.48. The average molecular weight is 645 g/mol. The summed E-state index contributed by atoms with van der Waals surface area (Å²) in [5, 5.41) is 3.67. The van der Waals surface area contributed by atoms with Gasteiger partial charge in [0.05, 0.1) is 15.6 Å². The van der Waals surface area contributed by atoms with E-state index in [0.29, 0.717) is 15.6 Å². The van der Waals surface area contributed by atoms with Crippen LogP contribution in [-0.2, 0) is 26.2 Å². The molecule has 0 fully saturated rings. The second-order valence-corrected chi connectivity index (χ2v) is 13.0. The number of anilines is 1. The molecule has 3 aromatic carbocycles. The van der Waals surface area contributed by atoms with Crippen LogP contribution in [-0.4, -0.2) is 43.8 Å². The number of rotatable bonds is 10. The molecule has 0 bridgehead atoms. The number of carbonyl (C=O) groups is 2. The number of hydrogen-bond acceptors (Lipinski definition) is 4. The first-order valence-electron chi connectivity index (χ1n) is 12.3. The molecule has 0 saturated carbocycles. The lowest BCUT2D eigenvalue weighted by Gasteiger charge is -2.33. The summed E-state index contributed by atoms with van der Waals surface area (Å²) in [5.41, 5.74) is 1.28. The van der Waals surface area contributed by atoms with Crippen molar-refractivity contribution in [2.75, 3.05) is 10.8 Å². The summed E-state index contributed by atoms with van der Waals surface area (Å²) in [6.07, 6.45) is 0. The number of nitrogens with one attached hydrogen (secondary N) is 1. The van der Waals surface area contributed by atoms with Gasteiger partial charge in [-0.25, -0.2) is 8.42 Å². The third kappa shape index (κ3) is 7.62. The van der Waals surface area contributed by atoms with Crippen LogP contribution in [0.4, 0.5) is 5.69 Å². The molecule has 0 aliphatic carbocycles. The molecule has 0 heterocycles. The van der Waals surface area contributed by atoms with Crippen LogP contribution in [0.25, 0.3) is 0 Å². The third-order valence-electron chi connectivity index (χ3n) is 6.05. The summed E-state index contributed by atoms with van der Waals surface area (Å²) in [6, 6.07) is 14.2. The molecule has 1 atom stereocenters. The molecule has 3 aromatic rings. The Labute approximate surface area is 255 Å². The molecule has 3 rings (SSSR count). The van der Waals surface area contributed by atoms with Crippen molar-refractivity contribution in [3.8, 4) is 0 Å². The first-order chi connectivity index (χ1) is 18.7.